The van der Waals surface area contributed by atoms with Gasteiger partial charge in [-0.3, -0.25) is 0 Å². The van der Waals surface area contributed by atoms with E-state index in [1.54, 1.807) is 0 Å². The van der Waals surface area contributed by atoms with Crippen molar-refractivity contribution in [3.05, 3.63) is 206 Å². The van der Waals surface area contributed by atoms with Gasteiger partial charge in [-0.1, -0.05) is 146 Å². The van der Waals surface area contributed by atoms with Crippen LogP contribution in [0.4, 0.5) is 17.1 Å². The van der Waals surface area contributed by atoms with E-state index < -0.39 is 0 Å². The quantitative estimate of drug-likeness (QED) is 0.172. The van der Waals surface area contributed by atoms with Crippen molar-refractivity contribution in [2.24, 2.45) is 0 Å². The van der Waals surface area contributed by atoms with Gasteiger partial charge in [0.15, 0.2) is 0 Å². The lowest BCUT2D eigenvalue weighted by molar-refractivity contribution is 1.19. The fraction of sp³-hybridized carbons (Fsp3) is 0. The lowest BCUT2D eigenvalue weighted by atomic mass is 9.91. The molecule has 0 bridgehead atoms. The Kier molecular flexibility index (Phi) is 7.18. The Morgan fingerprint density at radius 1 is 0.327 bits per heavy atom. The van der Waals surface area contributed by atoms with E-state index in [9.17, 15) is 0 Å². The molecule has 0 spiro atoms. The lowest BCUT2D eigenvalue weighted by Gasteiger charge is -2.26. The van der Waals surface area contributed by atoms with Crippen LogP contribution in [0.1, 0.15) is 0 Å². The SMILES string of the molecule is c1ccc(-c2cccc3cccc(-c4ccc(N(c5ccccc5)c5ccc6cc(-n7c8ccccc8c8ccccc87)ccc6c5)cc4)c23)cc1. The Bertz CT molecular complexity index is 2830. The maximum atomic E-state index is 2.38. The largest absolute Gasteiger partial charge is 0.310 e. The van der Waals surface area contributed by atoms with Crippen LogP contribution < -0.4 is 4.90 Å². The van der Waals surface area contributed by atoms with Crippen LogP contribution in [0.2, 0.25) is 0 Å². The second kappa shape index (κ2) is 12.5. The van der Waals surface area contributed by atoms with Gasteiger partial charge in [0.05, 0.1) is 11.0 Å². The van der Waals surface area contributed by atoms with Crippen LogP contribution in [-0.4, -0.2) is 4.57 Å². The number of fused-ring (bicyclic) bond motifs is 5. The van der Waals surface area contributed by atoms with Gasteiger partial charge in [-0.2, -0.15) is 0 Å². The number of hydrogen-bond acceptors (Lipinski definition) is 1. The first-order valence-electron chi connectivity index (χ1n) is 17.9. The van der Waals surface area contributed by atoms with Crippen LogP contribution in [0.3, 0.4) is 0 Å². The summed E-state index contributed by atoms with van der Waals surface area (Å²) in [5, 5.41) is 7.47. The van der Waals surface area contributed by atoms with Crippen molar-refractivity contribution in [3.8, 4) is 27.9 Å². The number of benzene rings is 9. The number of para-hydroxylation sites is 3. The summed E-state index contributed by atoms with van der Waals surface area (Å²) in [5.74, 6) is 0. The molecule has 9 aromatic carbocycles. The number of aromatic nitrogens is 1. The fourth-order valence-electron chi connectivity index (χ4n) is 7.95. The van der Waals surface area contributed by atoms with Crippen molar-refractivity contribution >= 4 is 60.4 Å². The molecule has 52 heavy (non-hydrogen) atoms. The highest BCUT2D eigenvalue weighted by atomic mass is 15.1. The molecule has 0 aliphatic heterocycles. The van der Waals surface area contributed by atoms with Gasteiger partial charge >= 0.3 is 0 Å². The van der Waals surface area contributed by atoms with Crippen LogP contribution in [0.5, 0.6) is 0 Å². The molecule has 0 radical (unpaired) electrons. The molecule has 0 N–H and O–H groups in total. The standard InChI is InChI=1S/C50H34N2/c1-3-13-35(14-4-1)44-21-11-15-37-16-12-22-45(50(37)44)36-25-29-41(30-26-36)51(40-17-5-2-6-18-40)42-31-27-39-34-43(32-28-38(39)33-42)52-48-23-9-7-19-46(48)47-20-8-10-24-49(47)52/h1-34H. The summed E-state index contributed by atoms with van der Waals surface area (Å²) in [7, 11) is 0. The Labute approximate surface area is 303 Å². The summed E-state index contributed by atoms with van der Waals surface area (Å²) in [6, 6.07) is 74.6. The molecular weight excluding hydrogens is 629 g/mol. The van der Waals surface area contributed by atoms with Crippen molar-refractivity contribution < 1.29 is 0 Å². The van der Waals surface area contributed by atoms with Crippen LogP contribution >= 0.6 is 0 Å². The minimum absolute atomic E-state index is 1.11. The smallest absolute Gasteiger partial charge is 0.0541 e. The molecule has 10 aromatic rings. The first-order chi connectivity index (χ1) is 25.8. The molecule has 2 heteroatoms. The number of nitrogens with zero attached hydrogens (tertiary/aromatic N) is 2. The van der Waals surface area contributed by atoms with E-state index in [1.807, 2.05) is 0 Å². The van der Waals surface area contributed by atoms with Gasteiger partial charge in [-0.15, -0.1) is 0 Å². The van der Waals surface area contributed by atoms with Gasteiger partial charge in [-0.25, -0.2) is 0 Å². The summed E-state index contributed by atoms with van der Waals surface area (Å²) < 4.78 is 2.38. The summed E-state index contributed by atoms with van der Waals surface area (Å²) in [5.41, 5.74) is 11.9. The van der Waals surface area contributed by atoms with Crippen molar-refractivity contribution in [3.63, 3.8) is 0 Å². The van der Waals surface area contributed by atoms with E-state index in [1.165, 1.54) is 65.6 Å². The molecule has 0 aliphatic rings. The molecule has 0 saturated carbocycles. The highest BCUT2D eigenvalue weighted by Gasteiger charge is 2.16. The molecule has 244 valence electrons. The van der Waals surface area contributed by atoms with E-state index in [0.29, 0.717) is 0 Å². The van der Waals surface area contributed by atoms with E-state index in [2.05, 4.69) is 216 Å². The van der Waals surface area contributed by atoms with Gasteiger partial charge in [0.25, 0.3) is 0 Å². The maximum Gasteiger partial charge on any atom is 0.0541 e. The van der Waals surface area contributed by atoms with Gasteiger partial charge < -0.3 is 9.47 Å². The molecule has 1 aromatic heterocycles. The lowest BCUT2D eigenvalue weighted by Crippen LogP contribution is -2.09. The zero-order valence-corrected chi connectivity index (χ0v) is 28.5. The molecule has 0 fully saturated rings. The highest BCUT2D eigenvalue weighted by molar-refractivity contribution is 6.10. The van der Waals surface area contributed by atoms with Crippen LogP contribution in [0, 0.1) is 0 Å². The predicted molar refractivity (Wildman–Crippen MR) is 221 cm³/mol. The van der Waals surface area contributed by atoms with E-state index in [-0.39, 0.29) is 0 Å². The monoisotopic (exact) mass is 662 g/mol. The molecule has 1 heterocycles. The van der Waals surface area contributed by atoms with Crippen LogP contribution in [0.25, 0.3) is 71.3 Å². The molecule has 2 nitrogen and oxygen atoms in total. The van der Waals surface area contributed by atoms with Crippen molar-refractivity contribution in [1.82, 2.24) is 4.57 Å². The van der Waals surface area contributed by atoms with Crippen molar-refractivity contribution in [2.75, 3.05) is 4.90 Å². The summed E-state index contributed by atoms with van der Waals surface area (Å²) >= 11 is 0. The minimum atomic E-state index is 1.11. The average molecular weight is 663 g/mol. The Morgan fingerprint density at radius 3 is 1.52 bits per heavy atom. The zero-order valence-electron chi connectivity index (χ0n) is 28.5. The Hall–Kier alpha value is -6.90. The molecule has 0 saturated heterocycles. The normalized spacial score (nSPS) is 11.5. The summed E-state index contributed by atoms with van der Waals surface area (Å²) in [6.45, 7) is 0. The second-order valence-electron chi connectivity index (χ2n) is 13.4. The maximum absolute atomic E-state index is 2.38. The highest BCUT2D eigenvalue weighted by Crippen LogP contribution is 2.40. The Balaban J connectivity index is 1.06. The van der Waals surface area contributed by atoms with Gasteiger partial charge in [0.1, 0.15) is 0 Å². The third kappa shape index (κ3) is 5.04. The van der Waals surface area contributed by atoms with Crippen molar-refractivity contribution in [1.29, 1.82) is 0 Å². The van der Waals surface area contributed by atoms with E-state index in [0.717, 1.165) is 22.7 Å². The van der Waals surface area contributed by atoms with Crippen LogP contribution in [0.15, 0.2) is 206 Å². The third-order valence-electron chi connectivity index (χ3n) is 10.3. The predicted octanol–water partition coefficient (Wildman–Crippen LogP) is 13.9. The number of rotatable bonds is 6. The number of hydrogen-bond donors (Lipinski definition) is 0. The molecular formula is C50H34N2. The topological polar surface area (TPSA) is 8.17 Å². The fourth-order valence-corrected chi connectivity index (χ4v) is 7.95. The first-order valence-corrected chi connectivity index (χ1v) is 17.9. The van der Waals surface area contributed by atoms with E-state index in [4.69, 9.17) is 0 Å². The first kappa shape index (κ1) is 30.0. The Morgan fingerprint density at radius 2 is 0.846 bits per heavy atom. The van der Waals surface area contributed by atoms with Crippen LogP contribution in [-0.2, 0) is 0 Å². The molecule has 0 aliphatic carbocycles. The van der Waals surface area contributed by atoms with Crippen molar-refractivity contribution in [2.45, 2.75) is 0 Å². The minimum Gasteiger partial charge on any atom is -0.310 e. The van der Waals surface area contributed by atoms with Gasteiger partial charge in [0.2, 0.25) is 0 Å². The summed E-state index contributed by atoms with van der Waals surface area (Å²) in [4.78, 5) is 2.35. The number of anilines is 3. The second-order valence-corrected chi connectivity index (χ2v) is 13.4. The molecule has 0 amide bonds. The average Bonchev–Trinajstić information content (AvgIpc) is 3.56. The molecule has 0 unspecified atom stereocenters. The molecule has 0 atom stereocenters. The zero-order chi connectivity index (χ0) is 34.4. The van der Waals surface area contributed by atoms with Gasteiger partial charge in [-0.05, 0) is 104 Å². The van der Waals surface area contributed by atoms with E-state index >= 15 is 0 Å². The summed E-state index contributed by atoms with van der Waals surface area (Å²) in [6.07, 6.45) is 0. The molecule has 10 rings (SSSR count). The van der Waals surface area contributed by atoms with Gasteiger partial charge in [0, 0.05) is 33.5 Å². The third-order valence-corrected chi connectivity index (χ3v) is 10.3.